The Labute approximate surface area is 238 Å². The third-order valence-corrected chi connectivity index (χ3v) is 8.64. The molecule has 1 aliphatic heterocycles. The number of anilines is 1. The number of thiocarbonyl (C=S) groups is 1. The minimum atomic E-state index is -5.08. The van der Waals surface area contributed by atoms with Crippen molar-refractivity contribution >= 4 is 29.0 Å². The average molecular weight is 580 g/mol. The highest BCUT2D eigenvalue weighted by Crippen LogP contribution is 2.49. The molecule has 11 heteroatoms. The Morgan fingerprint density at radius 1 is 1.07 bits per heavy atom. The van der Waals surface area contributed by atoms with E-state index < -0.39 is 12.1 Å². The van der Waals surface area contributed by atoms with Gasteiger partial charge in [-0.25, -0.2) is 4.79 Å². The highest BCUT2D eigenvalue weighted by atomic mass is 32.1. The SMILES string of the molecule is COc1ccc([C@@]23CC[C@@H](NC(=S)Nc4ccc5c(c4)CCC5)C[C@@H]2N(C)CC3)cc1OC.O=C(O)C(F)(F)F. The molecule has 2 aliphatic carbocycles. The average Bonchev–Trinajstić information content (AvgIpc) is 3.52. The number of alkyl halides is 3. The molecule has 0 unspecified atom stereocenters. The molecule has 218 valence electrons. The summed E-state index contributed by atoms with van der Waals surface area (Å²) in [7, 11) is 5.67. The molecule has 1 saturated carbocycles. The van der Waals surface area contributed by atoms with Crippen molar-refractivity contribution in [3.05, 3.63) is 53.1 Å². The number of aliphatic carboxylic acids is 1. The standard InChI is InChI=1S/C27H35N3O2S.C2HF3O2/c1-30-14-13-27(20-8-10-23(31-2)24(16-20)32-3)12-11-22(17-25(27)30)29-26(33)28-21-9-7-18-5-4-6-19(18)15-21;3-2(4,5)1(6)7/h7-10,15-16,22,25H,4-6,11-14,17H2,1-3H3,(H2,28,29,33);(H,6,7)/t22-,25+,27+;/m1./s1. The summed E-state index contributed by atoms with van der Waals surface area (Å²) >= 11 is 5.71. The second kappa shape index (κ2) is 12.2. The number of carbonyl (C=O) groups is 1. The second-order valence-electron chi connectivity index (χ2n) is 10.7. The summed E-state index contributed by atoms with van der Waals surface area (Å²) in [4.78, 5) is 11.4. The van der Waals surface area contributed by atoms with Gasteiger partial charge in [0.15, 0.2) is 16.6 Å². The number of likely N-dealkylation sites (N-methyl/N-ethyl adjacent to an activating group) is 1. The molecule has 3 atom stereocenters. The Balaban J connectivity index is 0.000000470. The first kappa shape index (κ1) is 29.9. The summed E-state index contributed by atoms with van der Waals surface area (Å²) in [5.74, 6) is -1.15. The zero-order valence-corrected chi connectivity index (χ0v) is 23.8. The normalized spacial score (nSPS) is 23.8. The maximum absolute atomic E-state index is 10.6. The van der Waals surface area contributed by atoms with Crippen LogP contribution in [-0.4, -0.2) is 67.2 Å². The van der Waals surface area contributed by atoms with Crippen molar-refractivity contribution in [2.45, 2.75) is 68.6 Å². The van der Waals surface area contributed by atoms with E-state index in [0.29, 0.717) is 12.1 Å². The predicted octanol–water partition coefficient (Wildman–Crippen LogP) is 5.31. The number of aryl methyl sites for hydroxylation is 2. The van der Waals surface area contributed by atoms with Gasteiger partial charge in [0, 0.05) is 23.2 Å². The van der Waals surface area contributed by atoms with Crippen molar-refractivity contribution in [1.82, 2.24) is 10.2 Å². The Kier molecular flexibility index (Phi) is 9.14. The summed E-state index contributed by atoms with van der Waals surface area (Å²) in [6.45, 7) is 1.11. The van der Waals surface area contributed by atoms with Crippen LogP contribution in [-0.2, 0) is 23.1 Å². The molecule has 1 heterocycles. The van der Waals surface area contributed by atoms with Crippen molar-refractivity contribution in [2.24, 2.45) is 0 Å². The molecule has 1 saturated heterocycles. The Bertz CT molecular complexity index is 1240. The molecule has 2 aromatic carbocycles. The number of nitrogens with one attached hydrogen (secondary N) is 2. The molecule has 0 amide bonds. The van der Waals surface area contributed by atoms with Gasteiger partial charge in [0.25, 0.3) is 0 Å². The Morgan fingerprint density at radius 3 is 2.45 bits per heavy atom. The molecule has 0 spiro atoms. The number of hydrogen-bond acceptors (Lipinski definition) is 5. The van der Waals surface area contributed by atoms with Crippen molar-refractivity contribution in [3.63, 3.8) is 0 Å². The van der Waals surface area contributed by atoms with Gasteiger partial charge in [0.2, 0.25) is 0 Å². The molecule has 2 fully saturated rings. The largest absolute Gasteiger partial charge is 0.493 e. The fraction of sp³-hybridized carbons (Fsp3) is 0.517. The predicted molar refractivity (Wildman–Crippen MR) is 151 cm³/mol. The lowest BCUT2D eigenvalue weighted by molar-refractivity contribution is -0.192. The fourth-order valence-electron chi connectivity index (χ4n) is 6.40. The number of halogens is 3. The van der Waals surface area contributed by atoms with Gasteiger partial charge in [0.05, 0.1) is 14.2 Å². The zero-order valence-electron chi connectivity index (χ0n) is 22.9. The fourth-order valence-corrected chi connectivity index (χ4v) is 6.68. The summed E-state index contributed by atoms with van der Waals surface area (Å²) in [6, 6.07) is 14.0. The Hall–Kier alpha value is -3.05. The van der Waals surface area contributed by atoms with Crippen LogP contribution in [0.1, 0.15) is 48.8 Å². The van der Waals surface area contributed by atoms with E-state index in [1.165, 1.54) is 42.4 Å². The summed E-state index contributed by atoms with van der Waals surface area (Å²) in [6.07, 6.45) is 3.06. The van der Waals surface area contributed by atoms with Crippen molar-refractivity contribution in [1.29, 1.82) is 0 Å². The first-order valence-corrected chi connectivity index (χ1v) is 13.8. The molecular weight excluding hydrogens is 543 g/mol. The van der Waals surface area contributed by atoms with Crippen LogP contribution >= 0.6 is 12.2 Å². The van der Waals surface area contributed by atoms with E-state index in [4.69, 9.17) is 31.6 Å². The number of nitrogens with zero attached hydrogens (tertiary/aromatic N) is 1. The van der Waals surface area contributed by atoms with Gasteiger partial charge in [-0.2, -0.15) is 13.2 Å². The highest BCUT2D eigenvalue weighted by molar-refractivity contribution is 7.80. The van der Waals surface area contributed by atoms with Crippen molar-refractivity contribution in [2.75, 3.05) is 33.1 Å². The van der Waals surface area contributed by atoms with E-state index in [2.05, 4.69) is 59.0 Å². The molecule has 0 aromatic heterocycles. The number of rotatable bonds is 5. The van der Waals surface area contributed by atoms with Crippen LogP contribution in [0.15, 0.2) is 36.4 Å². The minimum absolute atomic E-state index is 0.154. The van der Waals surface area contributed by atoms with Crippen LogP contribution < -0.4 is 20.1 Å². The number of fused-ring (bicyclic) bond motifs is 2. The van der Waals surface area contributed by atoms with Crippen LogP contribution in [0.25, 0.3) is 0 Å². The monoisotopic (exact) mass is 579 g/mol. The van der Waals surface area contributed by atoms with Gasteiger partial charge >= 0.3 is 12.1 Å². The summed E-state index contributed by atoms with van der Waals surface area (Å²) in [5.41, 5.74) is 5.57. The molecule has 0 bridgehead atoms. The third kappa shape index (κ3) is 6.46. The number of carboxylic acids is 1. The Morgan fingerprint density at radius 2 is 1.77 bits per heavy atom. The van der Waals surface area contributed by atoms with Crippen molar-refractivity contribution in [3.8, 4) is 11.5 Å². The second-order valence-corrected chi connectivity index (χ2v) is 11.1. The zero-order chi connectivity index (χ0) is 29.1. The maximum atomic E-state index is 10.6. The van der Waals surface area contributed by atoms with Gasteiger partial charge in [0.1, 0.15) is 0 Å². The van der Waals surface area contributed by atoms with E-state index >= 15 is 0 Å². The van der Waals surface area contributed by atoms with Crippen LogP contribution in [0, 0.1) is 0 Å². The molecule has 0 radical (unpaired) electrons. The van der Waals surface area contributed by atoms with Gasteiger partial charge < -0.3 is 30.1 Å². The third-order valence-electron chi connectivity index (χ3n) is 8.42. The van der Waals surface area contributed by atoms with E-state index in [1.54, 1.807) is 14.2 Å². The van der Waals surface area contributed by atoms with Gasteiger partial charge in [-0.1, -0.05) is 12.1 Å². The number of carboxylic acid groups (broad SMARTS) is 1. The molecule has 3 N–H and O–H groups in total. The van der Waals surface area contributed by atoms with E-state index in [9.17, 15) is 13.2 Å². The lowest BCUT2D eigenvalue weighted by atomic mass is 9.65. The number of methoxy groups -OCH3 is 2. The number of hydrogen-bond donors (Lipinski definition) is 3. The van der Waals surface area contributed by atoms with Crippen LogP contribution in [0.5, 0.6) is 11.5 Å². The molecule has 2 aromatic rings. The van der Waals surface area contributed by atoms with Gasteiger partial charge in [-0.15, -0.1) is 0 Å². The molecule has 5 rings (SSSR count). The number of benzene rings is 2. The summed E-state index contributed by atoms with van der Waals surface area (Å²) in [5, 5.41) is 14.9. The molecule has 40 heavy (non-hydrogen) atoms. The minimum Gasteiger partial charge on any atom is -0.493 e. The molecule has 3 aliphatic rings. The smallest absolute Gasteiger partial charge is 0.490 e. The van der Waals surface area contributed by atoms with E-state index in [0.717, 1.165) is 48.1 Å². The molecular formula is C29H36F3N3O4S. The van der Waals surface area contributed by atoms with Crippen molar-refractivity contribution < 1.29 is 32.5 Å². The van der Waals surface area contributed by atoms with E-state index in [-0.39, 0.29) is 5.41 Å². The summed E-state index contributed by atoms with van der Waals surface area (Å²) < 4.78 is 42.8. The van der Waals surface area contributed by atoms with E-state index in [1.807, 2.05) is 0 Å². The van der Waals surface area contributed by atoms with Crippen LogP contribution in [0.4, 0.5) is 18.9 Å². The first-order chi connectivity index (χ1) is 19.0. The van der Waals surface area contributed by atoms with Crippen LogP contribution in [0.2, 0.25) is 0 Å². The lowest BCUT2D eigenvalue weighted by Gasteiger charge is -2.45. The quantitative estimate of drug-likeness (QED) is 0.412. The topological polar surface area (TPSA) is 83.1 Å². The molecule has 7 nitrogen and oxygen atoms in total. The first-order valence-electron chi connectivity index (χ1n) is 13.4. The number of likely N-dealkylation sites (tertiary alicyclic amines) is 1. The lowest BCUT2D eigenvalue weighted by Crippen LogP contribution is -2.52. The van der Waals surface area contributed by atoms with Gasteiger partial charge in [-0.05, 0) is 112 Å². The highest BCUT2D eigenvalue weighted by Gasteiger charge is 2.50. The maximum Gasteiger partial charge on any atom is 0.490 e. The number of ether oxygens (including phenoxy) is 2. The van der Waals surface area contributed by atoms with Gasteiger partial charge in [-0.3, -0.25) is 0 Å². The van der Waals surface area contributed by atoms with Crippen LogP contribution in [0.3, 0.4) is 0 Å².